The molecule has 0 saturated carbocycles. The van der Waals surface area contributed by atoms with E-state index in [2.05, 4.69) is 0 Å². The third-order valence-corrected chi connectivity index (χ3v) is 2.01. The maximum absolute atomic E-state index is 11.2. The van der Waals surface area contributed by atoms with E-state index in [0.29, 0.717) is 32.5 Å². The van der Waals surface area contributed by atoms with E-state index in [1.54, 1.807) is 13.8 Å². The Kier molecular flexibility index (Phi) is 7.68. The van der Waals surface area contributed by atoms with Crippen molar-refractivity contribution in [2.75, 3.05) is 13.2 Å². The second kappa shape index (κ2) is 8.26. The molecule has 0 saturated heterocycles. The molecule has 0 aliphatic carbocycles. The number of hydrogen-bond acceptors (Lipinski definition) is 4. The van der Waals surface area contributed by atoms with Gasteiger partial charge in [0.25, 0.3) is 0 Å². The molecule has 0 radical (unpaired) electrons. The zero-order valence-electron chi connectivity index (χ0n) is 9.75. The smallest absolute Gasteiger partial charge is 0.308 e. The largest absolute Gasteiger partial charge is 0.466 e. The zero-order valence-corrected chi connectivity index (χ0v) is 9.75. The highest BCUT2D eigenvalue weighted by molar-refractivity contribution is 5.72. The van der Waals surface area contributed by atoms with Crippen LogP contribution in [0.4, 0.5) is 0 Å². The maximum Gasteiger partial charge on any atom is 0.308 e. The van der Waals surface area contributed by atoms with E-state index in [4.69, 9.17) is 9.47 Å². The third kappa shape index (κ3) is 6.94. The lowest BCUT2D eigenvalue weighted by atomic mass is 10.0. The van der Waals surface area contributed by atoms with Crippen molar-refractivity contribution in [3.05, 3.63) is 0 Å². The highest BCUT2D eigenvalue weighted by Gasteiger charge is 2.14. The average Bonchev–Trinajstić information content (AvgIpc) is 2.18. The minimum atomic E-state index is -0.200. The van der Waals surface area contributed by atoms with Gasteiger partial charge in [-0.25, -0.2) is 0 Å². The van der Waals surface area contributed by atoms with Gasteiger partial charge in [0.05, 0.1) is 19.1 Å². The molecular weight excluding hydrogens is 196 g/mol. The Labute approximate surface area is 90.9 Å². The predicted molar refractivity (Wildman–Crippen MR) is 56.3 cm³/mol. The summed E-state index contributed by atoms with van der Waals surface area (Å²) in [6, 6.07) is 0. The summed E-state index contributed by atoms with van der Waals surface area (Å²) in [6.07, 6.45) is 1.70. The van der Waals surface area contributed by atoms with Crippen LogP contribution in [-0.2, 0) is 19.1 Å². The van der Waals surface area contributed by atoms with Gasteiger partial charge >= 0.3 is 11.9 Å². The summed E-state index contributed by atoms with van der Waals surface area (Å²) in [4.78, 5) is 22.2. The van der Waals surface area contributed by atoms with Crippen molar-refractivity contribution >= 4 is 11.9 Å². The normalized spacial score (nSPS) is 11.9. The number of carbonyl (C=O) groups excluding carboxylic acids is 2. The number of hydrogen-bond donors (Lipinski definition) is 0. The van der Waals surface area contributed by atoms with Crippen LogP contribution < -0.4 is 0 Å². The van der Waals surface area contributed by atoms with E-state index in [9.17, 15) is 9.59 Å². The van der Waals surface area contributed by atoms with Crippen LogP contribution in [0.5, 0.6) is 0 Å². The highest BCUT2D eigenvalue weighted by Crippen LogP contribution is 2.10. The molecule has 4 heteroatoms. The van der Waals surface area contributed by atoms with Crippen LogP contribution >= 0.6 is 0 Å². The van der Waals surface area contributed by atoms with Crippen molar-refractivity contribution in [3.63, 3.8) is 0 Å². The number of rotatable bonds is 7. The number of ether oxygens (including phenoxy) is 2. The van der Waals surface area contributed by atoms with Gasteiger partial charge in [-0.3, -0.25) is 9.59 Å². The van der Waals surface area contributed by atoms with Crippen LogP contribution in [0.2, 0.25) is 0 Å². The monoisotopic (exact) mass is 216 g/mol. The summed E-state index contributed by atoms with van der Waals surface area (Å²) in [7, 11) is 0. The molecule has 0 aromatic carbocycles. The van der Waals surface area contributed by atoms with E-state index >= 15 is 0 Å². The van der Waals surface area contributed by atoms with Gasteiger partial charge < -0.3 is 9.47 Å². The van der Waals surface area contributed by atoms with Crippen molar-refractivity contribution in [3.8, 4) is 0 Å². The summed E-state index contributed by atoms with van der Waals surface area (Å²) < 4.78 is 9.63. The number of esters is 2. The van der Waals surface area contributed by atoms with Gasteiger partial charge in [0.2, 0.25) is 0 Å². The van der Waals surface area contributed by atoms with Crippen molar-refractivity contribution in [1.29, 1.82) is 0 Å². The van der Waals surface area contributed by atoms with Crippen molar-refractivity contribution in [2.45, 2.75) is 40.0 Å². The fraction of sp³-hybridized carbons (Fsp3) is 0.818. The summed E-state index contributed by atoms with van der Waals surface area (Å²) in [6.45, 7) is 6.18. The molecule has 1 unspecified atom stereocenters. The third-order valence-electron chi connectivity index (χ3n) is 2.01. The highest BCUT2D eigenvalue weighted by atomic mass is 16.5. The van der Waals surface area contributed by atoms with Crippen LogP contribution in [0.25, 0.3) is 0 Å². The fourth-order valence-electron chi connectivity index (χ4n) is 1.19. The summed E-state index contributed by atoms with van der Waals surface area (Å²) in [5.41, 5.74) is 0. The molecule has 0 N–H and O–H groups in total. The first kappa shape index (κ1) is 13.9. The molecular formula is C11H20O4. The molecule has 0 fully saturated rings. The van der Waals surface area contributed by atoms with E-state index < -0.39 is 0 Å². The van der Waals surface area contributed by atoms with Gasteiger partial charge in [0.1, 0.15) is 0 Å². The molecule has 0 rings (SSSR count). The average molecular weight is 216 g/mol. The Morgan fingerprint density at radius 3 is 2.27 bits per heavy atom. The van der Waals surface area contributed by atoms with Crippen molar-refractivity contribution in [1.82, 2.24) is 0 Å². The van der Waals surface area contributed by atoms with E-state index in [-0.39, 0.29) is 17.9 Å². The molecule has 0 aromatic heterocycles. The quantitative estimate of drug-likeness (QED) is 0.610. The molecule has 0 amide bonds. The second-order valence-electron chi connectivity index (χ2n) is 3.35. The molecule has 0 bridgehead atoms. The van der Waals surface area contributed by atoms with Crippen molar-refractivity contribution < 1.29 is 19.1 Å². The predicted octanol–water partition coefficient (Wildman–Crippen LogP) is 1.92. The zero-order chi connectivity index (χ0) is 11.7. The molecule has 4 nitrogen and oxygen atoms in total. The molecule has 0 aliphatic rings. The van der Waals surface area contributed by atoms with Gasteiger partial charge in [-0.1, -0.05) is 6.92 Å². The van der Waals surface area contributed by atoms with Crippen LogP contribution in [0.3, 0.4) is 0 Å². The molecule has 0 aromatic rings. The fourth-order valence-corrected chi connectivity index (χ4v) is 1.19. The molecule has 0 aliphatic heterocycles. The molecule has 15 heavy (non-hydrogen) atoms. The second-order valence-corrected chi connectivity index (χ2v) is 3.35. The Hall–Kier alpha value is -1.06. The minimum Gasteiger partial charge on any atom is -0.466 e. The van der Waals surface area contributed by atoms with Crippen LogP contribution in [0.15, 0.2) is 0 Å². The summed E-state index contributed by atoms with van der Waals surface area (Å²) in [5.74, 6) is -0.533. The van der Waals surface area contributed by atoms with Crippen molar-refractivity contribution in [2.24, 2.45) is 5.92 Å². The van der Waals surface area contributed by atoms with Gasteiger partial charge in [-0.05, 0) is 26.7 Å². The first-order valence-corrected chi connectivity index (χ1v) is 5.44. The van der Waals surface area contributed by atoms with Crippen LogP contribution in [0, 0.1) is 5.92 Å². The Balaban J connectivity index is 3.58. The molecule has 1 atom stereocenters. The minimum absolute atomic E-state index is 0.139. The molecule has 0 spiro atoms. The lowest BCUT2D eigenvalue weighted by Gasteiger charge is -2.09. The lowest BCUT2D eigenvalue weighted by molar-refractivity contribution is -0.148. The van der Waals surface area contributed by atoms with E-state index in [1.165, 1.54) is 0 Å². The number of carbonyl (C=O) groups is 2. The lowest BCUT2D eigenvalue weighted by Crippen LogP contribution is -2.15. The van der Waals surface area contributed by atoms with Gasteiger partial charge in [-0.2, -0.15) is 0 Å². The summed E-state index contributed by atoms with van der Waals surface area (Å²) >= 11 is 0. The maximum atomic E-state index is 11.2. The van der Waals surface area contributed by atoms with Gasteiger partial charge in [0, 0.05) is 6.42 Å². The first-order chi connectivity index (χ1) is 7.11. The topological polar surface area (TPSA) is 52.6 Å². The standard InChI is InChI=1S/C11H20O4/c1-4-14-10(12)8-6-7-9(3)11(13)15-5-2/h9H,4-8H2,1-3H3. The first-order valence-electron chi connectivity index (χ1n) is 5.44. The molecule has 0 heterocycles. The summed E-state index contributed by atoms with van der Waals surface area (Å²) in [5, 5.41) is 0. The van der Waals surface area contributed by atoms with Crippen LogP contribution in [0.1, 0.15) is 40.0 Å². The SMILES string of the molecule is CCOC(=O)CCCC(C)C(=O)OCC. The Morgan fingerprint density at radius 1 is 1.13 bits per heavy atom. The van der Waals surface area contributed by atoms with Gasteiger partial charge in [-0.15, -0.1) is 0 Å². The van der Waals surface area contributed by atoms with E-state index in [0.717, 1.165) is 0 Å². The Morgan fingerprint density at radius 2 is 1.73 bits per heavy atom. The van der Waals surface area contributed by atoms with Gasteiger partial charge in [0.15, 0.2) is 0 Å². The van der Waals surface area contributed by atoms with Crippen LogP contribution in [-0.4, -0.2) is 25.2 Å². The van der Waals surface area contributed by atoms with E-state index in [1.807, 2.05) is 6.92 Å². The molecule has 88 valence electrons. The Bertz CT molecular complexity index is 201.